The maximum absolute atomic E-state index is 12.3. The number of allylic oxidation sites excluding steroid dienone is 3. The zero-order valence-electron chi connectivity index (χ0n) is 20.7. The third-order valence-corrected chi connectivity index (χ3v) is 10.8. The van der Waals surface area contributed by atoms with Crippen molar-refractivity contribution < 1.29 is 4.79 Å². The zero-order valence-corrected chi connectivity index (χ0v) is 20.7. The predicted molar refractivity (Wildman–Crippen MR) is 127 cm³/mol. The van der Waals surface area contributed by atoms with Crippen molar-refractivity contribution in [3.63, 3.8) is 0 Å². The molecule has 30 heavy (non-hydrogen) atoms. The van der Waals surface area contributed by atoms with Crippen molar-refractivity contribution in [3.8, 4) is 0 Å². The van der Waals surface area contributed by atoms with Crippen LogP contribution >= 0.6 is 0 Å². The van der Waals surface area contributed by atoms with E-state index in [1.165, 1.54) is 51.4 Å². The highest BCUT2D eigenvalue weighted by atomic mass is 16.1. The van der Waals surface area contributed by atoms with Gasteiger partial charge in [-0.05, 0) is 96.9 Å². The molecule has 0 bridgehead atoms. The second-order valence-corrected chi connectivity index (χ2v) is 12.5. The standard InChI is InChI=1S/C29H46O/c1-18(2)19(3)8-9-20(4)23-12-13-25-22-10-11-24-21(5)27(30)15-17-29(24,7)26(22)14-16-28(23,25)6/h18-20,23-24,26H,5,8-17H2,1-4,6-7H3/t19-,20-,23-,24?,26?,28?,29?/m1/s1. The van der Waals surface area contributed by atoms with E-state index in [-0.39, 0.29) is 5.41 Å². The van der Waals surface area contributed by atoms with Crippen LogP contribution in [-0.4, -0.2) is 5.78 Å². The van der Waals surface area contributed by atoms with Gasteiger partial charge in [0, 0.05) is 6.42 Å². The lowest BCUT2D eigenvalue weighted by atomic mass is 9.48. The van der Waals surface area contributed by atoms with Gasteiger partial charge in [0.2, 0.25) is 0 Å². The maximum atomic E-state index is 12.3. The molecule has 0 heterocycles. The van der Waals surface area contributed by atoms with Crippen LogP contribution in [0.25, 0.3) is 0 Å². The third-order valence-electron chi connectivity index (χ3n) is 10.8. The molecule has 0 N–H and O–H groups in total. The average molecular weight is 411 g/mol. The quantitative estimate of drug-likeness (QED) is 0.330. The first-order valence-electron chi connectivity index (χ1n) is 13.0. The molecule has 0 spiro atoms. The third kappa shape index (κ3) is 3.38. The van der Waals surface area contributed by atoms with Gasteiger partial charge in [0.05, 0.1) is 0 Å². The summed E-state index contributed by atoms with van der Waals surface area (Å²) in [6.45, 7) is 19.1. The summed E-state index contributed by atoms with van der Waals surface area (Å²) in [5.74, 6) is 4.84. The van der Waals surface area contributed by atoms with Gasteiger partial charge in [0.1, 0.15) is 0 Å². The van der Waals surface area contributed by atoms with Gasteiger partial charge in [-0.25, -0.2) is 0 Å². The summed E-state index contributed by atoms with van der Waals surface area (Å²) in [6, 6.07) is 0. The van der Waals surface area contributed by atoms with E-state index in [1.807, 2.05) is 11.1 Å². The highest BCUT2D eigenvalue weighted by Gasteiger charge is 2.56. The normalized spacial score (nSPS) is 40.8. The van der Waals surface area contributed by atoms with Crippen LogP contribution in [0.4, 0.5) is 0 Å². The minimum Gasteiger partial charge on any atom is -0.295 e. The van der Waals surface area contributed by atoms with Crippen LogP contribution < -0.4 is 0 Å². The molecule has 0 aromatic heterocycles. The number of hydrogen-bond acceptors (Lipinski definition) is 1. The van der Waals surface area contributed by atoms with Gasteiger partial charge in [-0.15, -0.1) is 0 Å². The summed E-state index contributed by atoms with van der Waals surface area (Å²) >= 11 is 0. The van der Waals surface area contributed by atoms with Gasteiger partial charge in [0.15, 0.2) is 5.78 Å². The molecule has 4 aliphatic carbocycles. The molecule has 4 aliphatic rings. The monoisotopic (exact) mass is 410 g/mol. The number of Topliss-reactive ketones (excluding diaryl/α,β-unsaturated/α-hetero) is 1. The van der Waals surface area contributed by atoms with Crippen molar-refractivity contribution in [1.29, 1.82) is 0 Å². The molecule has 168 valence electrons. The fraction of sp³-hybridized carbons (Fsp3) is 0.828. The van der Waals surface area contributed by atoms with Crippen LogP contribution in [0.1, 0.15) is 106 Å². The summed E-state index contributed by atoms with van der Waals surface area (Å²) in [4.78, 5) is 12.3. The van der Waals surface area contributed by atoms with Gasteiger partial charge in [-0.3, -0.25) is 4.79 Å². The molecule has 7 atom stereocenters. The summed E-state index contributed by atoms with van der Waals surface area (Å²) in [5, 5.41) is 0. The molecule has 0 aromatic carbocycles. The number of carbonyl (C=O) groups is 1. The summed E-state index contributed by atoms with van der Waals surface area (Å²) < 4.78 is 0. The second kappa shape index (κ2) is 7.93. The van der Waals surface area contributed by atoms with Crippen LogP contribution in [-0.2, 0) is 4.79 Å². The zero-order chi connectivity index (χ0) is 21.8. The Morgan fingerprint density at radius 1 is 0.933 bits per heavy atom. The molecule has 0 aliphatic heterocycles. The molecule has 3 fully saturated rings. The van der Waals surface area contributed by atoms with E-state index in [2.05, 4.69) is 48.1 Å². The Hall–Kier alpha value is -0.850. The van der Waals surface area contributed by atoms with Crippen LogP contribution in [0.5, 0.6) is 0 Å². The Kier molecular flexibility index (Phi) is 5.91. The molecule has 4 unspecified atom stereocenters. The lowest BCUT2D eigenvalue weighted by Crippen LogP contribution is -2.48. The molecular formula is C29H46O. The van der Waals surface area contributed by atoms with E-state index in [0.717, 1.165) is 42.1 Å². The molecule has 0 amide bonds. The van der Waals surface area contributed by atoms with Crippen molar-refractivity contribution >= 4 is 5.78 Å². The van der Waals surface area contributed by atoms with E-state index in [9.17, 15) is 4.79 Å². The lowest BCUT2D eigenvalue weighted by molar-refractivity contribution is -0.120. The van der Waals surface area contributed by atoms with Crippen molar-refractivity contribution in [2.75, 3.05) is 0 Å². The second-order valence-electron chi connectivity index (χ2n) is 12.5. The van der Waals surface area contributed by atoms with Crippen LogP contribution in [0.2, 0.25) is 0 Å². The van der Waals surface area contributed by atoms with Crippen molar-refractivity contribution in [1.82, 2.24) is 0 Å². The Labute approximate surface area is 186 Å². The lowest BCUT2D eigenvalue weighted by Gasteiger charge is -2.56. The van der Waals surface area contributed by atoms with E-state index in [0.29, 0.717) is 23.0 Å². The fourth-order valence-electron chi connectivity index (χ4n) is 8.38. The van der Waals surface area contributed by atoms with Crippen LogP contribution in [0, 0.1) is 46.3 Å². The number of fused-ring (bicyclic) bond motifs is 4. The molecule has 0 aromatic rings. The van der Waals surface area contributed by atoms with Crippen molar-refractivity contribution in [3.05, 3.63) is 23.3 Å². The SMILES string of the molecule is C=C1C(=O)CCC2(C)C1CCC1=C3CC[C@H]([C@H](C)CC[C@@H](C)C(C)C)C3(C)CCC12. The molecule has 3 saturated carbocycles. The fourth-order valence-corrected chi connectivity index (χ4v) is 8.38. The minimum atomic E-state index is 0.281. The largest absolute Gasteiger partial charge is 0.295 e. The van der Waals surface area contributed by atoms with Crippen LogP contribution in [0.15, 0.2) is 23.3 Å². The predicted octanol–water partition coefficient (Wildman–Crippen LogP) is 8.15. The van der Waals surface area contributed by atoms with Crippen molar-refractivity contribution in [2.24, 2.45) is 46.3 Å². The number of rotatable bonds is 5. The van der Waals surface area contributed by atoms with Gasteiger partial charge >= 0.3 is 0 Å². The molecule has 0 radical (unpaired) electrons. The maximum Gasteiger partial charge on any atom is 0.158 e. The Morgan fingerprint density at radius 3 is 2.37 bits per heavy atom. The highest BCUT2D eigenvalue weighted by molar-refractivity contribution is 5.96. The number of carbonyl (C=O) groups excluding carboxylic acids is 1. The first-order chi connectivity index (χ1) is 14.1. The van der Waals surface area contributed by atoms with E-state index in [1.54, 1.807) is 0 Å². The summed E-state index contributed by atoms with van der Waals surface area (Å²) in [6.07, 6.45) is 12.5. The molecule has 4 rings (SSSR count). The first-order valence-corrected chi connectivity index (χ1v) is 13.0. The van der Waals surface area contributed by atoms with E-state index >= 15 is 0 Å². The van der Waals surface area contributed by atoms with Gasteiger partial charge in [-0.1, -0.05) is 72.1 Å². The topological polar surface area (TPSA) is 17.1 Å². The van der Waals surface area contributed by atoms with Gasteiger partial charge < -0.3 is 0 Å². The van der Waals surface area contributed by atoms with Gasteiger partial charge in [-0.2, -0.15) is 0 Å². The highest BCUT2D eigenvalue weighted by Crippen LogP contribution is 2.66. The molecule has 0 saturated heterocycles. The average Bonchev–Trinajstić information content (AvgIpc) is 3.06. The minimum absolute atomic E-state index is 0.281. The molecule has 1 nitrogen and oxygen atoms in total. The molecule has 1 heteroatoms. The summed E-state index contributed by atoms with van der Waals surface area (Å²) in [7, 11) is 0. The molecular weight excluding hydrogens is 364 g/mol. The number of hydrogen-bond donors (Lipinski definition) is 0. The van der Waals surface area contributed by atoms with E-state index < -0.39 is 0 Å². The van der Waals surface area contributed by atoms with Crippen molar-refractivity contribution in [2.45, 2.75) is 106 Å². The Morgan fingerprint density at radius 2 is 1.67 bits per heavy atom. The smallest absolute Gasteiger partial charge is 0.158 e. The first kappa shape index (κ1) is 22.3. The Bertz CT molecular complexity index is 741. The Balaban J connectivity index is 1.56. The van der Waals surface area contributed by atoms with Gasteiger partial charge in [0.25, 0.3) is 0 Å². The van der Waals surface area contributed by atoms with Crippen LogP contribution in [0.3, 0.4) is 0 Å². The van der Waals surface area contributed by atoms with E-state index in [4.69, 9.17) is 0 Å². The summed E-state index contributed by atoms with van der Waals surface area (Å²) in [5.41, 5.74) is 5.39. The number of ketones is 1.